The molecule has 11 heavy (non-hydrogen) atoms. The van der Waals surface area contributed by atoms with E-state index in [0.717, 1.165) is 18.8 Å². The molecule has 0 amide bonds. The van der Waals surface area contributed by atoms with Crippen LogP contribution in [0.25, 0.3) is 0 Å². The van der Waals surface area contributed by atoms with Gasteiger partial charge in [-0.2, -0.15) is 0 Å². The first-order valence-electron chi connectivity index (χ1n) is 4.05. The lowest BCUT2D eigenvalue weighted by molar-refractivity contribution is 0.333. The van der Waals surface area contributed by atoms with Gasteiger partial charge in [-0.1, -0.05) is 5.16 Å². The average molecular weight is 150 g/mol. The molecule has 1 aromatic heterocycles. The molecule has 0 bridgehead atoms. The van der Waals surface area contributed by atoms with E-state index in [4.69, 9.17) is 4.52 Å². The van der Waals surface area contributed by atoms with Crippen LogP contribution in [-0.2, 0) is 12.0 Å². The van der Waals surface area contributed by atoms with E-state index in [1.165, 1.54) is 18.4 Å². The summed E-state index contributed by atoms with van der Waals surface area (Å²) < 4.78 is 5.24. The van der Waals surface area contributed by atoms with Crippen LogP contribution in [0.4, 0.5) is 0 Å². The summed E-state index contributed by atoms with van der Waals surface area (Å²) in [5.41, 5.74) is 1.61. The molecule has 0 unspecified atom stereocenters. The topological polar surface area (TPSA) is 38.1 Å². The summed E-state index contributed by atoms with van der Waals surface area (Å²) >= 11 is 0. The van der Waals surface area contributed by atoms with Crippen molar-refractivity contribution in [1.82, 2.24) is 10.5 Å². The maximum Gasteiger partial charge on any atom is 0.148 e. The van der Waals surface area contributed by atoms with Crippen molar-refractivity contribution >= 4 is 0 Å². The lowest BCUT2D eigenvalue weighted by Gasteiger charge is -2.19. The van der Waals surface area contributed by atoms with Crippen LogP contribution in [-0.4, -0.2) is 11.7 Å². The van der Waals surface area contributed by atoms with Crippen molar-refractivity contribution < 1.29 is 4.52 Å². The first kappa shape index (κ1) is 5.77. The Labute approximate surface area is 64.8 Å². The van der Waals surface area contributed by atoms with Crippen molar-refractivity contribution in [3.05, 3.63) is 17.5 Å². The number of hydrogen-bond acceptors (Lipinski definition) is 3. The highest BCUT2D eigenvalue weighted by Crippen LogP contribution is 2.50. The van der Waals surface area contributed by atoms with E-state index < -0.39 is 0 Å². The Hall–Kier alpha value is -0.830. The fourth-order valence-corrected chi connectivity index (χ4v) is 1.89. The van der Waals surface area contributed by atoms with Gasteiger partial charge in [-0.05, 0) is 12.8 Å². The van der Waals surface area contributed by atoms with Crippen LogP contribution in [0.2, 0.25) is 0 Å². The fraction of sp³-hybridized carbons (Fsp3) is 0.625. The number of aromatic nitrogens is 1. The first-order valence-corrected chi connectivity index (χ1v) is 4.05. The summed E-state index contributed by atoms with van der Waals surface area (Å²) in [5.74, 6) is 1.15. The van der Waals surface area contributed by atoms with Gasteiger partial charge < -0.3 is 9.84 Å². The zero-order chi connectivity index (χ0) is 7.31. The second-order valence-corrected chi connectivity index (χ2v) is 3.56. The molecule has 1 saturated carbocycles. The van der Waals surface area contributed by atoms with Crippen molar-refractivity contribution in [2.24, 2.45) is 0 Å². The Morgan fingerprint density at radius 1 is 1.55 bits per heavy atom. The summed E-state index contributed by atoms with van der Waals surface area (Å²) in [6.45, 7) is 2.01. The molecule has 0 saturated heterocycles. The van der Waals surface area contributed by atoms with Gasteiger partial charge in [0.05, 0.1) is 6.20 Å². The van der Waals surface area contributed by atoms with Gasteiger partial charge >= 0.3 is 0 Å². The van der Waals surface area contributed by atoms with Gasteiger partial charge in [0.15, 0.2) is 0 Å². The van der Waals surface area contributed by atoms with Gasteiger partial charge in [-0.15, -0.1) is 0 Å². The molecule has 1 aliphatic carbocycles. The minimum Gasteiger partial charge on any atom is -0.360 e. The minimum absolute atomic E-state index is 0.351. The van der Waals surface area contributed by atoms with Crippen molar-refractivity contribution in [2.45, 2.75) is 24.8 Å². The third kappa shape index (κ3) is 0.639. The third-order valence-electron chi connectivity index (χ3n) is 2.76. The number of fused-ring (bicyclic) bond motifs is 2. The summed E-state index contributed by atoms with van der Waals surface area (Å²) in [7, 11) is 0. The predicted molar refractivity (Wildman–Crippen MR) is 39.1 cm³/mol. The molecule has 0 radical (unpaired) electrons. The molecule has 3 nitrogen and oxygen atoms in total. The standard InChI is InChI=1S/C8H10N2O/c1-2-8(1)5-9-3-6-4-10-11-7(6)8/h4,9H,1-3,5H2. The quantitative estimate of drug-likeness (QED) is 0.594. The second-order valence-electron chi connectivity index (χ2n) is 3.56. The minimum atomic E-state index is 0.351. The van der Waals surface area contributed by atoms with Crippen molar-refractivity contribution in [3.63, 3.8) is 0 Å². The van der Waals surface area contributed by atoms with Crippen LogP contribution in [0.3, 0.4) is 0 Å². The van der Waals surface area contributed by atoms with E-state index in [1.807, 2.05) is 6.20 Å². The molecule has 1 N–H and O–H groups in total. The Morgan fingerprint density at radius 2 is 2.45 bits per heavy atom. The predicted octanol–water partition coefficient (Wildman–Crippen LogP) is 0.809. The van der Waals surface area contributed by atoms with E-state index in [1.54, 1.807) is 0 Å². The van der Waals surface area contributed by atoms with E-state index in [9.17, 15) is 0 Å². The second kappa shape index (κ2) is 1.67. The number of nitrogens with zero attached hydrogens (tertiary/aromatic N) is 1. The molecule has 1 aromatic rings. The van der Waals surface area contributed by atoms with Crippen molar-refractivity contribution in [2.75, 3.05) is 6.54 Å². The van der Waals surface area contributed by atoms with Crippen LogP contribution < -0.4 is 5.32 Å². The molecule has 58 valence electrons. The largest absolute Gasteiger partial charge is 0.360 e. The number of rotatable bonds is 0. The Kier molecular flexibility index (Phi) is 0.874. The molecular formula is C8H10N2O. The van der Waals surface area contributed by atoms with Crippen LogP contribution in [0.1, 0.15) is 24.2 Å². The highest BCUT2D eigenvalue weighted by atomic mass is 16.5. The molecule has 0 aromatic carbocycles. The van der Waals surface area contributed by atoms with Crippen molar-refractivity contribution in [3.8, 4) is 0 Å². The zero-order valence-electron chi connectivity index (χ0n) is 6.26. The number of nitrogens with one attached hydrogen (secondary N) is 1. The fourth-order valence-electron chi connectivity index (χ4n) is 1.89. The van der Waals surface area contributed by atoms with E-state index in [-0.39, 0.29) is 0 Å². The summed E-state index contributed by atoms with van der Waals surface area (Å²) in [5, 5.41) is 7.20. The Morgan fingerprint density at radius 3 is 3.27 bits per heavy atom. The van der Waals surface area contributed by atoms with Crippen LogP contribution in [0, 0.1) is 0 Å². The Bertz CT molecular complexity index is 288. The summed E-state index contributed by atoms with van der Waals surface area (Å²) in [4.78, 5) is 0. The smallest absolute Gasteiger partial charge is 0.148 e. The van der Waals surface area contributed by atoms with Crippen molar-refractivity contribution in [1.29, 1.82) is 0 Å². The lowest BCUT2D eigenvalue weighted by Crippen LogP contribution is -2.32. The van der Waals surface area contributed by atoms with E-state index >= 15 is 0 Å². The zero-order valence-corrected chi connectivity index (χ0v) is 6.26. The van der Waals surface area contributed by atoms with Gasteiger partial charge in [0, 0.05) is 24.1 Å². The molecule has 2 heterocycles. The maximum absolute atomic E-state index is 5.24. The molecule has 3 rings (SSSR count). The molecule has 1 spiro atoms. The third-order valence-corrected chi connectivity index (χ3v) is 2.76. The van der Waals surface area contributed by atoms with Gasteiger partial charge in [-0.25, -0.2) is 0 Å². The van der Waals surface area contributed by atoms with Gasteiger partial charge in [0.2, 0.25) is 0 Å². The highest BCUT2D eigenvalue weighted by molar-refractivity contribution is 5.32. The first-order chi connectivity index (χ1) is 5.41. The SMILES string of the molecule is c1noc2c1CNCC21CC1. The van der Waals surface area contributed by atoms with Gasteiger partial charge in [0.25, 0.3) is 0 Å². The van der Waals surface area contributed by atoms with Crippen LogP contribution in [0.15, 0.2) is 10.7 Å². The summed E-state index contributed by atoms with van der Waals surface area (Å²) in [6.07, 6.45) is 4.37. The molecule has 1 aliphatic heterocycles. The number of hydrogen-bond donors (Lipinski definition) is 1. The molecule has 3 heteroatoms. The monoisotopic (exact) mass is 150 g/mol. The van der Waals surface area contributed by atoms with Crippen LogP contribution in [0.5, 0.6) is 0 Å². The van der Waals surface area contributed by atoms with Gasteiger partial charge in [0.1, 0.15) is 5.76 Å². The maximum atomic E-state index is 5.24. The van der Waals surface area contributed by atoms with Crippen LogP contribution >= 0.6 is 0 Å². The highest BCUT2D eigenvalue weighted by Gasteiger charge is 2.50. The molecular weight excluding hydrogens is 140 g/mol. The summed E-state index contributed by atoms with van der Waals surface area (Å²) in [6, 6.07) is 0. The molecule has 2 aliphatic rings. The molecule has 1 fully saturated rings. The molecule has 0 atom stereocenters. The average Bonchev–Trinajstić information content (AvgIpc) is 2.63. The Balaban J connectivity index is 2.16. The van der Waals surface area contributed by atoms with E-state index in [2.05, 4.69) is 10.5 Å². The van der Waals surface area contributed by atoms with Gasteiger partial charge in [-0.3, -0.25) is 0 Å². The normalized spacial score (nSPS) is 25.1. The van der Waals surface area contributed by atoms with E-state index in [0.29, 0.717) is 5.41 Å². The lowest BCUT2D eigenvalue weighted by atomic mass is 9.96.